The average molecular weight is 502 g/mol. The second-order valence-corrected chi connectivity index (χ2v) is 9.08. The lowest BCUT2D eigenvalue weighted by atomic mass is 10.1. The van der Waals surface area contributed by atoms with Crippen molar-refractivity contribution in [3.63, 3.8) is 0 Å². The Morgan fingerprint density at radius 3 is 2.51 bits per heavy atom. The van der Waals surface area contributed by atoms with Crippen LogP contribution < -0.4 is 21.7 Å². The molecule has 1 fully saturated rings. The molecule has 0 radical (unpaired) electrons. The molecular formula is C24H35N7O3S. The topological polar surface area (TPSA) is 153 Å². The molecule has 1 aliphatic rings. The van der Waals surface area contributed by atoms with E-state index in [0.29, 0.717) is 24.6 Å². The van der Waals surface area contributed by atoms with Crippen LogP contribution in [0.5, 0.6) is 0 Å². The van der Waals surface area contributed by atoms with Crippen LogP contribution in [0.4, 0.5) is 10.8 Å². The predicted octanol–water partition coefficient (Wildman–Crippen LogP) is 2.37. The first-order chi connectivity index (χ1) is 16.7. The lowest BCUT2D eigenvalue weighted by Gasteiger charge is -2.14. The second kappa shape index (κ2) is 14.7. The summed E-state index contributed by atoms with van der Waals surface area (Å²) in [6.07, 6.45) is 4.25. The van der Waals surface area contributed by atoms with Crippen molar-refractivity contribution < 1.29 is 14.4 Å². The van der Waals surface area contributed by atoms with Crippen molar-refractivity contribution in [1.29, 1.82) is 5.41 Å². The van der Waals surface area contributed by atoms with E-state index in [1.807, 2.05) is 34.5 Å². The third-order valence-corrected chi connectivity index (χ3v) is 5.90. The van der Waals surface area contributed by atoms with E-state index < -0.39 is 0 Å². The Labute approximate surface area is 210 Å². The zero-order valence-corrected chi connectivity index (χ0v) is 21.2. The van der Waals surface area contributed by atoms with Gasteiger partial charge in [0.2, 0.25) is 17.7 Å². The molecule has 0 bridgehead atoms. The van der Waals surface area contributed by atoms with Gasteiger partial charge in [-0.2, -0.15) is 0 Å². The van der Waals surface area contributed by atoms with Crippen molar-refractivity contribution in [2.45, 2.75) is 46.0 Å². The molecule has 0 atom stereocenters. The summed E-state index contributed by atoms with van der Waals surface area (Å²) in [5.41, 5.74) is 8.44. The minimum atomic E-state index is -0.102. The van der Waals surface area contributed by atoms with Crippen LogP contribution in [0, 0.1) is 5.41 Å². The molecule has 0 spiro atoms. The molecule has 11 heteroatoms. The first kappa shape index (κ1) is 27.8. The van der Waals surface area contributed by atoms with E-state index in [1.165, 1.54) is 30.7 Å². The predicted molar refractivity (Wildman–Crippen MR) is 140 cm³/mol. The molecule has 1 saturated heterocycles. The minimum Gasteiger partial charge on any atom is -0.386 e. The van der Waals surface area contributed by atoms with Crippen LogP contribution >= 0.6 is 11.3 Å². The maximum atomic E-state index is 11.1. The van der Waals surface area contributed by atoms with Crippen molar-refractivity contribution in [3.8, 4) is 0 Å². The van der Waals surface area contributed by atoms with Gasteiger partial charge >= 0.3 is 0 Å². The van der Waals surface area contributed by atoms with Crippen LogP contribution in [-0.4, -0.2) is 59.6 Å². The van der Waals surface area contributed by atoms with E-state index in [0.717, 1.165) is 50.2 Å². The van der Waals surface area contributed by atoms with E-state index in [-0.39, 0.29) is 23.6 Å². The number of benzene rings is 1. The number of aromatic nitrogens is 1. The standard InChI is InChI=1S/C15H19N5OS.C9H16N2O2/c1-10(21)19-15-20-13(9-22-15)7-4-11-2-5-12(6-3-11)18-8-14(16)17;1-8(12)10-5-3-7-11-6-2-4-9(11)13/h2-3,5-6,9,18H,4,7-8H2,1H3,(H3,16,17)(H,19,20,21);2-7H2,1H3,(H,10,12). The molecule has 1 aromatic carbocycles. The molecule has 10 nitrogen and oxygen atoms in total. The van der Waals surface area contributed by atoms with Gasteiger partial charge in [0.15, 0.2) is 5.13 Å². The summed E-state index contributed by atoms with van der Waals surface area (Å²) in [4.78, 5) is 38.8. The van der Waals surface area contributed by atoms with Crippen molar-refractivity contribution in [3.05, 3.63) is 40.9 Å². The molecule has 1 aromatic heterocycles. The molecule has 6 N–H and O–H groups in total. The normalized spacial score (nSPS) is 12.5. The summed E-state index contributed by atoms with van der Waals surface area (Å²) in [7, 11) is 0. The summed E-state index contributed by atoms with van der Waals surface area (Å²) in [6.45, 7) is 5.66. The summed E-state index contributed by atoms with van der Waals surface area (Å²) < 4.78 is 0. The van der Waals surface area contributed by atoms with Gasteiger partial charge < -0.3 is 26.6 Å². The van der Waals surface area contributed by atoms with Gasteiger partial charge in [0.25, 0.3) is 0 Å². The maximum Gasteiger partial charge on any atom is 0.223 e. The van der Waals surface area contributed by atoms with Crippen LogP contribution in [0.2, 0.25) is 0 Å². The zero-order valence-electron chi connectivity index (χ0n) is 20.4. The smallest absolute Gasteiger partial charge is 0.223 e. The van der Waals surface area contributed by atoms with Crippen molar-refractivity contribution in [1.82, 2.24) is 15.2 Å². The molecule has 0 unspecified atom stereocenters. The fraction of sp³-hybridized carbons (Fsp3) is 0.458. The Kier molecular flexibility index (Phi) is 11.7. The number of aryl methyl sites for hydroxylation is 2. The molecular weight excluding hydrogens is 466 g/mol. The molecule has 190 valence electrons. The van der Waals surface area contributed by atoms with Crippen molar-refractivity contribution in [2.24, 2.45) is 5.73 Å². The minimum absolute atomic E-state index is 0.00671. The van der Waals surface area contributed by atoms with Crippen LogP contribution in [-0.2, 0) is 27.2 Å². The van der Waals surface area contributed by atoms with Crippen LogP contribution in [0.15, 0.2) is 29.6 Å². The highest BCUT2D eigenvalue weighted by molar-refractivity contribution is 7.13. The van der Waals surface area contributed by atoms with Gasteiger partial charge in [0.05, 0.1) is 12.2 Å². The Morgan fingerprint density at radius 2 is 1.91 bits per heavy atom. The van der Waals surface area contributed by atoms with Crippen LogP contribution in [0.25, 0.3) is 0 Å². The highest BCUT2D eigenvalue weighted by atomic mass is 32.1. The molecule has 1 aliphatic heterocycles. The monoisotopic (exact) mass is 501 g/mol. The van der Waals surface area contributed by atoms with Gasteiger partial charge in [-0.05, 0) is 43.4 Å². The van der Waals surface area contributed by atoms with Gasteiger partial charge in [-0.15, -0.1) is 11.3 Å². The van der Waals surface area contributed by atoms with E-state index in [4.69, 9.17) is 11.1 Å². The van der Waals surface area contributed by atoms with E-state index >= 15 is 0 Å². The van der Waals surface area contributed by atoms with Gasteiger partial charge in [-0.1, -0.05) is 12.1 Å². The third kappa shape index (κ3) is 11.5. The number of anilines is 2. The van der Waals surface area contributed by atoms with Gasteiger partial charge in [0, 0.05) is 51.0 Å². The molecule has 0 saturated carbocycles. The molecule has 35 heavy (non-hydrogen) atoms. The number of hydrogen-bond acceptors (Lipinski definition) is 7. The Balaban J connectivity index is 0.000000283. The molecule has 3 amide bonds. The Hall–Kier alpha value is -3.47. The number of nitrogens with two attached hydrogens (primary N) is 1. The average Bonchev–Trinajstić information content (AvgIpc) is 3.43. The van der Waals surface area contributed by atoms with Crippen LogP contribution in [0.3, 0.4) is 0 Å². The fourth-order valence-corrected chi connectivity index (χ4v) is 4.15. The SMILES string of the molecule is CC(=O)NCCCN1CCCC1=O.CC(=O)Nc1nc(CCc2ccc(NCC(=N)N)cc2)cs1. The summed E-state index contributed by atoms with van der Waals surface area (Å²) >= 11 is 1.44. The number of carbonyl (C=O) groups excluding carboxylic acids is 3. The van der Waals surface area contributed by atoms with E-state index in [9.17, 15) is 14.4 Å². The lowest BCUT2D eigenvalue weighted by Crippen LogP contribution is -2.29. The fourth-order valence-electron chi connectivity index (χ4n) is 3.36. The third-order valence-electron chi connectivity index (χ3n) is 5.09. The molecule has 2 aromatic rings. The zero-order chi connectivity index (χ0) is 25.6. The number of rotatable bonds is 11. The number of likely N-dealkylation sites (tertiary alicyclic amines) is 1. The highest BCUT2D eigenvalue weighted by Gasteiger charge is 2.18. The molecule has 3 rings (SSSR count). The number of amides is 3. The molecule has 2 heterocycles. The number of nitrogens with zero attached hydrogens (tertiary/aromatic N) is 2. The van der Waals surface area contributed by atoms with Gasteiger partial charge in [0.1, 0.15) is 5.84 Å². The van der Waals surface area contributed by atoms with Crippen molar-refractivity contribution >= 4 is 45.7 Å². The van der Waals surface area contributed by atoms with Gasteiger partial charge in [-0.3, -0.25) is 19.8 Å². The van der Waals surface area contributed by atoms with Crippen LogP contribution in [0.1, 0.15) is 44.4 Å². The van der Waals surface area contributed by atoms with E-state index in [1.54, 1.807) is 0 Å². The number of amidine groups is 1. The number of thiazole rings is 1. The summed E-state index contributed by atoms with van der Waals surface area (Å²) in [5, 5.41) is 18.2. The first-order valence-electron chi connectivity index (χ1n) is 11.6. The number of hydrogen-bond donors (Lipinski definition) is 5. The highest BCUT2D eigenvalue weighted by Crippen LogP contribution is 2.17. The summed E-state index contributed by atoms with van der Waals surface area (Å²) in [5.74, 6) is 0.257. The lowest BCUT2D eigenvalue weighted by molar-refractivity contribution is -0.127. The largest absolute Gasteiger partial charge is 0.386 e. The number of carbonyl (C=O) groups is 3. The van der Waals surface area contributed by atoms with E-state index in [2.05, 4.69) is 20.9 Å². The Morgan fingerprint density at radius 1 is 1.17 bits per heavy atom. The van der Waals surface area contributed by atoms with Gasteiger partial charge in [-0.25, -0.2) is 4.98 Å². The Bertz CT molecular complexity index is 991. The maximum absolute atomic E-state index is 11.1. The number of nitrogens with one attached hydrogen (secondary N) is 4. The quantitative estimate of drug-likeness (QED) is 0.181. The second-order valence-electron chi connectivity index (χ2n) is 8.22. The summed E-state index contributed by atoms with van der Waals surface area (Å²) in [6, 6.07) is 8.04. The first-order valence-corrected chi connectivity index (χ1v) is 12.5. The van der Waals surface area contributed by atoms with Crippen molar-refractivity contribution in [2.75, 3.05) is 36.8 Å². The molecule has 0 aliphatic carbocycles.